The molecule has 3 aliphatic heterocycles. The van der Waals surface area contributed by atoms with Gasteiger partial charge in [0, 0.05) is 6.61 Å². The molecule has 0 aromatic heterocycles. The van der Waals surface area contributed by atoms with Crippen LogP contribution in [0.2, 0.25) is 0 Å². The lowest BCUT2D eigenvalue weighted by atomic mass is 10.0. The molecule has 3 saturated heterocycles. The number of aliphatic hydroxyl groups is 7. The molecule has 3 fully saturated rings. The molecule has 0 amide bonds. The molecule has 0 bridgehead atoms. The Labute approximate surface area is 261 Å². The van der Waals surface area contributed by atoms with Crippen molar-refractivity contribution >= 4 is 0 Å². The average Bonchev–Trinajstić information content (AvgIpc) is 3.02. The zero-order valence-electron chi connectivity index (χ0n) is 26.2. The van der Waals surface area contributed by atoms with E-state index in [0.717, 1.165) is 19.3 Å². The molecule has 7 N–H and O–H groups in total. The Hall–Kier alpha value is -0.520. The van der Waals surface area contributed by atoms with Gasteiger partial charge in [-0.1, -0.05) is 90.4 Å². The summed E-state index contributed by atoms with van der Waals surface area (Å²) in [5.74, 6) is 0. The van der Waals surface area contributed by atoms with Crippen LogP contribution in [-0.4, -0.2) is 136 Å². The zero-order valence-corrected chi connectivity index (χ0v) is 26.2. The second-order valence-corrected chi connectivity index (χ2v) is 12.4. The molecule has 0 aromatic carbocycles. The molecule has 3 rings (SSSR count). The van der Waals surface area contributed by atoms with Gasteiger partial charge in [0.15, 0.2) is 18.9 Å². The highest BCUT2D eigenvalue weighted by Crippen LogP contribution is 2.27. The summed E-state index contributed by atoms with van der Waals surface area (Å²) in [5, 5.41) is 71.7. The third-order valence-electron chi connectivity index (χ3n) is 8.72. The van der Waals surface area contributed by atoms with E-state index >= 15 is 0 Å². The zero-order chi connectivity index (χ0) is 31.9. The van der Waals surface area contributed by atoms with E-state index in [1.165, 1.54) is 70.6 Å². The highest BCUT2D eigenvalue weighted by Gasteiger charge is 2.47. The van der Waals surface area contributed by atoms with Crippen LogP contribution in [0.4, 0.5) is 0 Å². The van der Waals surface area contributed by atoms with Crippen LogP contribution in [0.25, 0.3) is 0 Å². The lowest BCUT2D eigenvalue weighted by Crippen LogP contribution is -2.61. The van der Waals surface area contributed by atoms with Crippen molar-refractivity contribution < 1.29 is 64.2 Å². The highest BCUT2D eigenvalue weighted by atomic mass is 16.7. The summed E-state index contributed by atoms with van der Waals surface area (Å²) in [7, 11) is 0. The van der Waals surface area contributed by atoms with Crippen molar-refractivity contribution in [3.8, 4) is 0 Å². The van der Waals surface area contributed by atoms with Gasteiger partial charge in [-0.2, -0.15) is 0 Å². The quantitative estimate of drug-likeness (QED) is 0.0928. The maximum atomic E-state index is 10.6. The van der Waals surface area contributed by atoms with E-state index in [1.807, 2.05) is 0 Å². The van der Waals surface area contributed by atoms with E-state index in [4.69, 9.17) is 28.4 Å². The van der Waals surface area contributed by atoms with Crippen molar-refractivity contribution in [1.29, 1.82) is 0 Å². The topological polar surface area (TPSA) is 197 Å². The molecule has 12 atom stereocenters. The first-order valence-electron chi connectivity index (χ1n) is 16.8. The molecule has 0 aromatic rings. The van der Waals surface area contributed by atoms with Crippen LogP contribution in [0, 0.1) is 0 Å². The standard InChI is InChI=1S/C31H58O13/c1-2-3-4-5-6-7-8-9-10-11-12-13-14-15-16-39-29-27(37)24(34)21(18-41-29)44-31-28(38)25(35)22(19-42-31)43-30-26(36)23(33)20(32)17-40-30/h20-38H,2-19H2,1H3/t20-,21-,22-,23-,24-,25-,26+,27+,28+,29-,30+,31+/m1/s1. The summed E-state index contributed by atoms with van der Waals surface area (Å²) in [6.45, 7) is 1.95. The van der Waals surface area contributed by atoms with E-state index in [-0.39, 0.29) is 19.8 Å². The minimum atomic E-state index is -1.61. The Morgan fingerprint density at radius 1 is 0.455 bits per heavy atom. The fourth-order valence-electron chi connectivity index (χ4n) is 5.78. The Balaban J connectivity index is 1.24. The van der Waals surface area contributed by atoms with Crippen LogP contribution in [0.5, 0.6) is 0 Å². The number of rotatable bonds is 20. The Bertz CT molecular complexity index is 747. The number of unbranched alkanes of at least 4 members (excludes halogenated alkanes) is 13. The van der Waals surface area contributed by atoms with Gasteiger partial charge in [0.05, 0.1) is 19.8 Å². The summed E-state index contributed by atoms with van der Waals surface area (Å²) < 4.78 is 33.0. The SMILES string of the molecule is CCCCCCCCCCCCCCCCO[C@@H]1OC[C@@H](O[C@@H]2OC[C@@H](O[C@@H]3OC[C@@H](O)[C@@H](O)[C@@H]3O)[C@@H](O)[C@@H]2O)[C@@H](O)[C@@H]1O. The predicted molar refractivity (Wildman–Crippen MR) is 157 cm³/mol. The Morgan fingerprint density at radius 3 is 1.34 bits per heavy atom. The minimum Gasteiger partial charge on any atom is -0.388 e. The van der Waals surface area contributed by atoms with Crippen molar-refractivity contribution in [2.45, 2.75) is 171 Å². The number of hydrogen-bond acceptors (Lipinski definition) is 13. The van der Waals surface area contributed by atoms with Crippen LogP contribution >= 0.6 is 0 Å². The fourth-order valence-corrected chi connectivity index (χ4v) is 5.78. The lowest BCUT2D eigenvalue weighted by molar-refractivity contribution is -0.348. The fraction of sp³-hybridized carbons (Fsp3) is 1.00. The lowest BCUT2D eigenvalue weighted by Gasteiger charge is -2.43. The van der Waals surface area contributed by atoms with E-state index in [9.17, 15) is 35.7 Å². The number of aliphatic hydroxyl groups excluding tert-OH is 7. The van der Waals surface area contributed by atoms with Crippen LogP contribution in [0.1, 0.15) is 96.8 Å². The van der Waals surface area contributed by atoms with E-state index < -0.39 is 73.8 Å². The molecule has 0 unspecified atom stereocenters. The molecular weight excluding hydrogens is 580 g/mol. The second-order valence-electron chi connectivity index (χ2n) is 12.4. The van der Waals surface area contributed by atoms with E-state index in [2.05, 4.69) is 6.92 Å². The highest BCUT2D eigenvalue weighted by molar-refractivity contribution is 4.90. The van der Waals surface area contributed by atoms with E-state index in [1.54, 1.807) is 0 Å². The van der Waals surface area contributed by atoms with Crippen molar-refractivity contribution in [2.24, 2.45) is 0 Å². The summed E-state index contributed by atoms with van der Waals surface area (Å²) in [5.41, 5.74) is 0. The van der Waals surface area contributed by atoms with Crippen molar-refractivity contribution in [3.05, 3.63) is 0 Å². The van der Waals surface area contributed by atoms with Crippen LogP contribution in [0.15, 0.2) is 0 Å². The maximum absolute atomic E-state index is 10.6. The minimum absolute atomic E-state index is 0.132. The van der Waals surface area contributed by atoms with Gasteiger partial charge in [0.2, 0.25) is 0 Å². The Morgan fingerprint density at radius 2 is 0.841 bits per heavy atom. The normalized spacial score (nSPS) is 38.2. The second kappa shape index (κ2) is 20.7. The number of hydrogen-bond donors (Lipinski definition) is 7. The molecule has 260 valence electrons. The first-order chi connectivity index (χ1) is 21.2. The molecule has 0 aliphatic carbocycles. The Kier molecular flexibility index (Phi) is 17.8. The summed E-state index contributed by atoms with van der Waals surface area (Å²) in [6, 6.07) is 0. The third-order valence-corrected chi connectivity index (χ3v) is 8.72. The summed E-state index contributed by atoms with van der Waals surface area (Å²) in [4.78, 5) is 0. The van der Waals surface area contributed by atoms with Gasteiger partial charge in [-0.25, -0.2) is 0 Å². The van der Waals surface area contributed by atoms with Crippen LogP contribution in [0.3, 0.4) is 0 Å². The summed E-state index contributed by atoms with van der Waals surface area (Å²) >= 11 is 0. The van der Waals surface area contributed by atoms with Crippen molar-refractivity contribution in [1.82, 2.24) is 0 Å². The molecule has 3 heterocycles. The van der Waals surface area contributed by atoms with Gasteiger partial charge in [-0.05, 0) is 6.42 Å². The first kappa shape index (κ1) is 37.9. The van der Waals surface area contributed by atoms with E-state index in [0.29, 0.717) is 6.61 Å². The van der Waals surface area contributed by atoms with Gasteiger partial charge < -0.3 is 64.2 Å². The number of ether oxygens (including phenoxy) is 6. The molecule has 3 aliphatic rings. The largest absolute Gasteiger partial charge is 0.388 e. The average molecular weight is 639 g/mol. The van der Waals surface area contributed by atoms with Crippen molar-refractivity contribution in [2.75, 3.05) is 26.4 Å². The molecule has 13 heteroatoms. The smallest absolute Gasteiger partial charge is 0.186 e. The molecular formula is C31H58O13. The maximum Gasteiger partial charge on any atom is 0.186 e. The first-order valence-corrected chi connectivity index (χ1v) is 16.8. The third kappa shape index (κ3) is 11.9. The molecule has 44 heavy (non-hydrogen) atoms. The van der Waals surface area contributed by atoms with Gasteiger partial charge >= 0.3 is 0 Å². The van der Waals surface area contributed by atoms with Gasteiger partial charge in [-0.3, -0.25) is 0 Å². The molecule has 0 saturated carbocycles. The van der Waals surface area contributed by atoms with Crippen LogP contribution in [-0.2, 0) is 28.4 Å². The van der Waals surface area contributed by atoms with Gasteiger partial charge in [0.1, 0.15) is 54.9 Å². The summed E-state index contributed by atoms with van der Waals surface area (Å²) in [6.07, 6.45) is 1.35. The molecule has 0 spiro atoms. The molecule has 13 nitrogen and oxygen atoms in total. The predicted octanol–water partition coefficient (Wildman–Crippen LogP) is 0.850. The molecule has 0 radical (unpaired) electrons. The van der Waals surface area contributed by atoms with Gasteiger partial charge in [0.25, 0.3) is 0 Å². The van der Waals surface area contributed by atoms with Gasteiger partial charge in [-0.15, -0.1) is 0 Å². The van der Waals surface area contributed by atoms with Crippen molar-refractivity contribution in [3.63, 3.8) is 0 Å². The monoisotopic (exact) mass is 638 g/mol. The van der Waals surface area contributed by atoms with Crippen LogP contribution < -0.4 is 0 Å².